The first kappa shape index (κ1) is 18.1. The molecule has 0 aromatic heterocycles. The molecule has 0 unspecified atom stereocenters. The van der Waals surface area contributed by atoms with Crippen LogP contribution in [0.2, 0.25) is 0 Å². The second-order valence-corrected chi connectivity index (χ2v) is 6.43. The average molecular weight is 342 g/mol. The van der Waals surface area contributed by atoms with Crippen molar-refractivity contribution in [2.45, 2.75) is 37.0 Å². The third kappa shape index (κ3) is 2.52. The Morgan fingerprint density at radius 3 is 2.91 bits per heavy atom. The van der Waals surface area contributed by atoms with E-state index in [9.17, 15) is 5.11 Å². The van der Waals surface area contributed by atoms with Crippen molar-refractivity contribution in [1.82, 2.24) is 4.90 Å². The topological polar surface area (TPSA) is 73.4 Å². The summed E-state index contributed by atoms with van der Waals surface area (Å²) in [6.07, 6.45) is 5.38. The van der Waals surface area contributed by atoms with E-state index in [4.69, 9.17) is 9.47 Å². The largest absolute Gasteiger partial charge is 0.493 e. The predicted molar refractivity (Wildman–Crippen MR) is 90.7 cm³/mol. The molecule has 0 fully saturated rings. The Balaban J connectivity index is 0.000000960. The molecule has 0 bridgehead atoms. The molecule has 0 saturated heterocycles. The summed E-state index contributed by atoms with van der Waals surface area (Å²) in [4.78, 5) is 2.35. The minimum Gasteiger partial charge on any atom is -0.493 e. The Kier molecular flexibility index (Phi) is 4.97. The molecular weight excluding hydrogens is 318 g/mol. The molecule has 2 aliphatic heterocycles. The molecule has 1 aliphatic carbocycles. The highest BCUT2D eigenvalue weighted by Gasteiger charge is 2.52. The summed E-state index contributed by atoms with van der Waals surface area (Å²) < 4.78 is 11.8. The predicted octanol–water partition coefficient (Wildman–Crippen LogP) is 1.45. The number of rotatable bonds is 1. The van der Waals surface area contributed by atoms with Gasteiger partial charge in [-0.25, -0.2) is 0 Å². The van der Waals surface area contributed by atoms with E-state index in [0.29, 0.717) is 6.42 Å². The summed E-state index contributed by atoms with van der Waals surface area (Å²) in [5.74, 6) is 1.68. The molecule has 4 rings (SSSR count). The molecule has 0 radical (unpaired) electrons. The Hall–Kier alpha value is -1.27. The second-order valence-electron chi connectivity index (χ2n) is 6.43. The highest BCUT2D eigenvalue weighted by Crippen LogP contribution is 2.55. The van der Waals surface area contributed by atoms with Crippen molar-refractivity contribution in [2.75, 3.05) is 20.7 Å². The molecule has 3 N–H and O–H groups in total. The highest BCUT2D eigenvalue weighted by molar-refractivity contribution is 5.85. The SMILES string of the molecule is COc1ccc2c3c1O[C@H]1C[C@@H](O)C=C[C@@]31CCN(C)C2.Cl.O. The lowest BCUT2D eigenvalue weighted by atomic mass is 9.69. The molecule has 1 aromatic carbocycles. The van der Waals surface area contributed by atoms with Crippen molar-refractivity contribution in [3.63, 3.8) is 0 Å². The van der Waals surface area contributed by atoms with Crippen LogP contribution in [0, 0.1) is 0 Å². The number of hydrogen-bond donors (Lipinski definition) is 1. The first-order valence-electron chi connectivity index (χ1n) is 7.57. The van der Waals surface area contributed by atoms with E-state index in [1.807, 2.05) is 12.1 Å². The normalized spacial score (nSPS) is 30.9. The van der Waals surface area contributed by atoms with Crippen molar-refractivity contribution < 1.29 is 20.1 Å². The van der Waals surface area contributed by atoms with Crippen LogP contribution in [-0.2, 0) is 12.0 Å². The van der Waals surface area contributed by atoms with Gasteiger partial charge in [-0.05, 0) is 31.6 Å². The summed E-state index contributed by atoms with van der Waals surface area (Å²) in [6, 6.07) is 4.16. The second kappa shape index (κ2) is 6.32. The standard InChI is InChI=1S/C17H21NO3.ClH.H2O/c1-18-8-7-17-6-5-12(19)9-14(17)21-16-13(20-2)4-3-11(10-18)15(16)17;;/h3-6,12,14,19H,7-10H2,1-2H3;1H;1H2/t12-,14-,17-;;/m0../s1. The van der Waals surface area contributed by atoms with Crippen LogP contribution in [-0.4, -0.2) is 48.4 Å². The Bertz CT molecular complexity index is 621. The first-order valence-corrected chi connectivity index (χ1v) is 7.57. The van der Waals surface area contributed by atoms with Crippen LogP contribution in [0.25, 0.3) is 0 Å². The molecule has 3 aliphatic rings. The van der Waals surface area contributed by atoms with Crippen LogP contribution in [0.3, 0.4) is 0 Å². The summed E-state index contributed by atoms with van der Waals surface area (Å²) >= 11 is 0. The lowest BCUT2D eigenvalue weighted by Crippen LogP contribution is -2.42. The van der Waals surface area contributed by atoms with Gasteiger partial charge in [0.2, 0.25) is 0 Å². The van der Waals surface area contributed by atoms with Crippen molar-refractivity contribution in [2.24, 2.45) is 0 Å². The van der Waals surface area contributed by atoms with E-state index in [2.05, 4.69) is 24.1 Å². The molecule has 0 amide bonds. The van der Waals surface area contributed by atoms with Gasteiger partial charge < -0.3 is 25.0 Å². The van der Waals surface area contributed by atoms with E-state index in [1.54, 1.807) is 7.11 Å². The van der Waals surface area contributed by atoms with Gasteiger partial charge in [0, 0.05) is 18.5 Å². The lowest BCUT2D eigenvalue weighted by Gasteiger charge is -2.35. The van der Waals surface area contributed by atoms with Crippen LogP contribution >= 0.6 is 12.4 Å². The maximum Gasteiger partial charge on any atom is 0.166 e. The molecule has 1 aromatic rings. The van der Waals surface area contributed by atoms with E-state index >= 15 is 0 Å². The summed E-state index contributed by atoms with van der Waals surface area (Å²) in [5, 5.41) is 9.97. The van der Waals surface area contributed by atoms with Crippen LogP contribution in [0.1, 0.15) is 24.0 Å². The summed E-state index contributed by atoms with van der Waals surface area (Å²) in [7, 11) is 3.84. The smallest absolute Gasteiger partial charge is 0.166 e. The average Bonchev–Trinajstić information content (AvgIpc) is 2.72. The van der Waals surface area contributed by atoms with E-state index in [0.717, 1.165) is 31.0 Å². The van der Waals surface area contributed by atoms with Crippen LogP contribution in [0.15, 0.2) is 24.3 Å². The number of halogens is 1. The van der Waals surface area contributed by atoms with Gasteiger partial charge in [-0.15, -0.1) is 12.4 Å². The molecule has 23 heavy (non-hydrogen) atoms. The van der Waals surface area contributed by atoms with Crippen LogP contribution in [0.5, 0.6) is 11.5 Å². The fourth-order valence-electron chi connectivity index (χ4n) is 4.08. The van der Waals surface area contributed by atoms with Gasteiger partial charge in [-0.1, -0.05) is 18.2 Å². The number of nitrogens with zero attached hydrogens (tertiary/aromatic N) is 1. The van der Waals surface area contributed by atoms with E-state index in [1.165, 1.54) is 11.1 Å². The van der Waals surface area contributed by atoms with Crippen molar-refractivity contribution in [3.8, 4) is 11.5 Å². The molecule has 128 valence electrons. The molecule has 3 atom stereocenters. The first-order chi connectivity index (χ1) is 10.1. The van der Waals surface area contributed by atoms with Gasteiger partial charge in [0.05, 0.1) is 18.6 Å². The molecule has 5 nitrogen and oxygen atoms in total. The minimum absolute atomic E-state index is 0. The summed E-state index contributed by atoms with van der Waals surface area (Å²) in [6.45, 7) is 1.96. The Morgan fingerprint density at radius 1 is 1.39 bits per heavy atom. The number of aliphatic hydroxyl groups is 1. The van der Waals surface area contributed by atoms with Gasteiger partial charge in [-0.3, -0.25) is 0 Å². The fourth-order valence-corrected chi connectivity index (χ4v) is 4.08. The summed E-state index contributed by atoms with van der Waals surface area (Å²) in [5.41, 5.74) is 2.48. The van der Waals surface area contributed by atoms with Crippen LogP contribution < -0.4 is 9.47 Å². The monoisotopic (exact) mass is 341 g/mol. The Labute approximate surface area is 142 Å². The van der Waals surface area contributed by atoms with E-state index < -0.39 is 6.10 Å². The van der Waals surface area contributed by atoms with Crippen LogP contribution in [0.4, 0.5) is 0 Å². The zero-order chi connectivity index (χ0) is 14.6. The number of hydrogen-bond acceptors (Lipinski definition) is 4. The minimum atomic E-state index is -0.412. The van der Waals surface area contributed by atoms with Gasteiger partial charge in [0.25, 0.3) is 0 Å². The fraction of sp³-hybridized carbons (Fsp3) is 0.529. The van der Waals surface area contributed by atoms with E-state index in [-0.39, 0.29) is 29.4 Å². The van der Waals surface area contributed by atoms with Gasteiger partial charge in [-0.2, -0.15) is 0 Å². The molecule has 6 heteroatoms. The third-order valence-corrected chi connectivity index (χ3v) is 5.15. The van der Waals surface area contributed by atoms with Crippen molar-refractivity contribution >= 4 is 12.4 Å². The molecule has 2 heterocycles. The zero-order valence-electron chi connectivity index (χ0n) is 13.4. The van der Waals surface area contributed by atoms with Gasteiger partial charge in [0.1, 0.15) is 6.10 Å². The molecular formula is C17H24ClNO4. The molecule has 0 saturated carbocycles. The molecule has 1 spiro atoms. The maximum absolute atomic E-state index is 9.97. The quantitative estimate of drug-likeness (QED) is 0.785. The van der Waals surface area contributed by atoms with Gasteiger partial charge in [0.15, 0.2) is 11.5 Å². The number of ether oxygens (including phenoxy) is 2. The number of benzene rings is 1. The van der Waals surface area contributed by atoms with Crippen molar-refractivity contribution in [3.05, 3.63) is 35.4 Å². The number of methoxy groups -OCH3 is 1. The Morgan fingerprint density at radius 2 is 2.17 bits per heavy atom. The zero-order valence-corrected chi connectivity index (χ0v) is 14.2. The number of aliphatic hydroxyl groups excluding tert-OH is 1. The van der Waals surface area contributed by atoms with Crippen molar-refractivity contribution in [1.29, 1.82) is 0 Å². The maximum atomic E-state index is 9.97. The highest BCUT2D eigenvalue weighted by atomic mass is 35.5. The third-order valence-electron chi connectivity index (χ3n) is 5.15. The van der Waals surface area contributed by atoms with Gasteiger partial charge >= 0.3 is 0 Å². The lowest BCUT2D eigenvalue weighted by molar-refractivity contribution is 0.0821.